The lowest BCUT2D eigenvalue weighted by Gasteiger charge is -2.22. The maximum atomic E-state index is 14.5. The van der Waals surface area contributed by atoms with Gasteiger partial charge in [-0.15, -0.1) is 5.10 Å². The van der Waals surface area contributed by atoms with Crippen molar-refractivity contribution in [2.45, 2.75) is 51.4 Å². The van der Waals surface area contributed by atoms with E-state index in [4.69, 9.17) is 27.5 Å². The van der Waals surface area contributed by atoms with Gasteiger partial charge in [0.25, 0.3) is 0 Å². The second-order valence-corrected chi connectivity index (χ2v) is 6.80. The molecule has 13 heteroatoms. The summed E-state index contributed by atoms with van der Waals surface area (Å²) in [5.41, 5.74) is -1.98. The van der Waals surface area contributed by atoms with Gasteiger partial charge >= 0.3 is 11.9 Å². The van der Waals surface area contributed by atoms with Crippen LogP contribution in [0.25, 0.3) is 5.69 Å². The Bertz CT molecular complexity index is 1040. The second-order valence-electron chi connectivity index (χ2n) is 6.80. The summed E-state index contributed by atoms with van der Waals surface area (Å²) in [6.45, 7) is 1.05. The van der Waals surface area contributed by atoms with Crippen molar-refractivity contribution in [3.8, 4) is 17.5 Å². The molecule has 2 radical (unpaired) electrons. The summed E-state index contributed by atoms with van der Waals surface area (Å²) in [6, 6.07) is 3.00. The Hall–Kier alpha value is -2.85. The predicted octanol–water partition coefficient (Wildman–Crippen LogP) is 2.35. The molecule has 0 spiro atoms. The first-order valence-corrected chi connectivity index (χ1v) is 9.28. The van der Waals surface area contributed by atoms with Crippen molar-refractivity contribution in [2.75, 3.05) is 6.61 Å². The third-order valence-corrected chi connectivity index (χ3v) is 4.58. The number of ether oxygens (including phenoxy) is 3. The van der Waals surface area contributed by atoms with E-state index in [9.17, 15) is 22.4 Å². The van der Waals surface area contributed by atoms with Crippen LogP contribution in [-0.2, 0) is 16.1 Å². The molecule has 0 aliphatic carbocycles. The molecule has 1 aromatic carbocycles. The number of hydrogen-bond donors (Lipinski definition) is 0. The zero-order valence-electron chi connectivity index (χ0n) is 16.4. The monoisotopic (exact) mass is 440 g/mol. The molecular formula is C18H17BF4N4O4. The van der Waals surface area contributed by atoms with Crippen molar-refractivity contribution in [3.05, 3.63) is 39.8 Å². The van der Waals surface area contributed by atoms with Crippen LogP contribution in [0.5, 0.6) is 5.75 Å². The van der Waals surface area contributed by atoms with E-state index in [1.807, 2.05) is 0 Å². The van der Waals surface area contributed by atoms with Crippen LogP contribution in [0.2, 0.25) is 0 Å². The molecule has 164 valence electrons. The zero-order valence-corrected chi connectivity index (χ0v) is 16.4. The zero-order chi connectivity index (χ0) is 22.8. The fourth-order valence-corrected chi connectivity index (χ4v) is 2.83. The average Bonchev–Trinajstić information content (AvgIpc) is 3.01. The molecule has 3 rings (SSSR count). The molecular weight excluding hydrogens is 423 g/mol. The molecule has 2 aromatic rings. The molecule has 8 nitrogen and oxygen atoms in total. The van der Waals surface area contributed by atoms with Gasteiger partial charge in [-0.2, -0.15) is 23.1 Å². The van der Waals surface area contributed by atoms with Crippen molar-refractivity contribution in [1.82, 2.24) is 14.3 Å². The summed E-state index contributed by atoms with van der Waals surface area (Å²) >= 11 is 0. The van der Waals surface area contributed by atoms with Crippen LogP contribution in [-0.4, -0.2) is 47.4 Å². The maximum absolute atomic E-state index is 14.5. The van der Waals surface area contributed by atoms with E-state index in [2.05, 4.69) is 5.10 Å². The van der Waals surface area contributed by atoms with E-state index in [0.29, 0.717) is 28.3 Å². The highest BCUT2D eigenvalue weighted by atomic mass is 19.4. The smallest absolute Gasteiger partial charge is 0.425 e. The SMILES string of the molecule is [B]n1c(COC2CCCCO2)nn(-c2cc(O[C@@H](C)C(F)(F)F)c(C#N)cc2F)c1=O. The minimum atomic E-state index is -4.72. The molecule has 0 saturated carbocycles. The first kappa shape index (κ1) is 22.8. The van der Waals surface area contributed by atoms with Crippen LogP contribution in [0.15, 0.2) is 16.9 Å². The average molecular weight is 440 g/mol. The van der Waals surface area contributed by atoms with Crippen LogP contribution >= 0.6 is 0 Å². The quantitative estimate of drug-likeness (QED) is 0.506. The van der Waals surface area contributed by atoms with Crippen LogP contribution in [0.1, 0.15) is 37.6 Å². The number of alkyl halides is 3. The first-order valence-electron chi connectivity index (χ1n) is 9.28. The number of halogens is 4. The highest BCUT2D eigenvalue weighted by Gasteiger charge is 2.38. The molecule has 1 saturated heterocycles. The normalized spacial score (nSPS) is 17.9. The van der Waals surface area contributed by atoms with Gasteiger partial charge in [0, 0.05) is 12.7 Å². The van der Waals surface area contributed by atoms with Gasteiger partial charge in [0.05, 0.1) is 5.56 Å². The third-order valence-electron chi connectivity index (χ3n) is 4.58. The minimum absolute atomic E-state index is 0.0611. The number of aromatic nitrogens is 3. The molecule has 0 bridgehead atoms. The molecule has 1 fully saturated rings. The first-order chi connectivity index (χ1) is 14.6. The van der Waals surface area contributed by atoms with Gasteiger partial charge in [-0.1, -0.05) is 0 Å². The summed E-state index contributed by atoms with van der Waals surface area (Å²) in [5.74, 6) is -1.70. The van der Waals surface area contributed by atoms with E-state index >= 15 is 0 Å². The molecule has 1 aromatic heterocycles. The van der Waals surface area contributed by atoms with Gasteiger partial charge in [0.15, 0.2) is 18.2 Å². The number of rotatable bonds is 6. The summed E-state index contributed by atoms with van der Waals surface area (Å²) < 4.78 is 69.9. The lowest BCUT2D eigenvalue weighted by atomic mass is 10.2. The predicted molar refractivity (Wildman–Crippen MR) is 98.2 cm³/mol. The van der Waals surface area contributed by atoms with Gasteiger partial charge in [-0.3, -0.25) is 0 Å². The largest absolute Gasteiger partial charge is 0.480 e. The molecule has 1 aliphatic heterocycles. The molecule has 31 heavy (non-hydrogen) atoms. The van der Waals surface area contributed by atoms with Crippen LogP contribution in [0.4, 0.5) is 17.6 Å². The number of nitriles is 1. The summed E-state index contributed by atoms with van der Waals surface area (Å²) in [4.78, 5) is 12.4. The van der Waals surface area contributed by atoms with Crippen molar-refractivity contribution in [1.29, 1.82) is 5.26 Å². The maximum Gasteiger partial charge on any atom is 0.425 e. The van der Waals surface area contributed by atoms with E-state index in [1.165, 1.54) is 0 Å². The summed E-state index contributed by atoms with van der Waals surface area (Å²) in [5, 5.41) is 13.0. The summed E-state index contributed by atoms with van der Waals surface area (Å²) in [6.07, 6.45) is -5.03. The van der Waals surface area contributed by atoms with Crippen LogP contribution in [0, 0.1) is 17.1 Å². The van der Waals surface area contributed by atoms with Gasteiger partial charge in [-0.25, -0.2) is 9.18 Å². The molecule has 1 aliphatic rings. The van der Waals surface area contributed by atoms with E-state index < -0.39 is 47.1 Å². The lowest BCUT2D eigenvalue weighted by molar-refractivity contribution is -0.189. The van der Waals surface area contributed by atoms with Crippen molar-refractivity contribution in [2.24, 2.45) is 0 Å². The topological polar surface area (TPSA) is 91.3 Å². The third kappa shape index (κ3) is 5.08. The molecule has 1 unspecified atom stereocenters. The van der Waals surface area contributed by atoms with Gasteiger partial charge < -0.3 is 18.7 Å². The van der Waals surface area contributed by atoms with Gasteiger partial charge in [0.1, 0.15) is 29.9 Å². The fourth-order valence-electron chi connectivity index (χ4n) is 2.83. The Morgan fingerprint density at radius 2 is 2.16 bits per heavy atom. The standard InChI is InChI=1S/C18H17BF4N4O4/c1-10(18(21,22)23)31-14-7-13(12(20)6-11(14)8-24)27-17(28)26(19)15(25-27)9-30-16-4-2-3-5-29-16/h6-7,10,16H,2-5,9H2,1H3/t10-,16?/m0/s1. The van der Waals surface area contributed by atoms with Gasteiger partial charge in [-0.05, 0) is 32.3 Å². The number of nitrogens with zero attached hydrogens (tertiary/aromatic N) is 4. The Morgan fingerprint density at radius 1 is 1.42 bits per heavy atom. The molecule has 2 heterocycles. The van der Waals surface area contributed by atoms with Crippen LogP contribution < -0.4 is 10.4 Å². The molecule has 2 atom stereocenters. The van der Waals surface area contributed by atoms with Crippen LogP contribution in [0.3, 0.4) is 0 Å². The van der Waals surface area contributed by atoms with E-state index in [0.717, 1.165) is 25.8 Å². The highest BCUT2D eigenvalue weighted by molar-refractivity contribution is 6.06. The Balaban J connectivity index is 1.92. The Morgan fingerprint density at radius 3 is 2.77 bits per heavy atom. The minimum Gasteiger partial charge on any atom is -0.480 e. The highest BCUT2D eigenvalue weighted by Crippen LogP contribution is 2.30. The fraction of sp³-hybridized carbons (Fsp3) is 0.500. The van der Waals surface area contributed by atoms with E-state index in [1.54, 1.807) is 6.07 Å². The van der Waals surface area contributed by atoms with Crippen molar-refractivity contribution < 1.29 is 31.8 Å². The Labute approximate surface area is 175 Å². The number of hydrogen-bond acceptors (Lipinski definition) is 6. The van der Waals surface area contributed by atoms with Crippen molar-refractivity contribution >= 4 is 7.98 Å². The van der Waals surface area contributed by atoms with E-state index in [-0.39, 0.29) is 12.4 Å². The number of benzene rings is 1. The second kappa shape index (κ2) is 9.11. The molecule has 0 N–H and O–H groups in total. The van der Waals surface area contributed by atoms with Crippen molar-refractivity contribution in [3.63, 3.8) is 0 Å². The lowest BCUT2D eigenvalue weighted by Crippen LogP contribution is -2.31. The van der Waals surface area contributed by atoms with Gasteiger partial charge in [0.2, 0.25) is 7.98 Å². The summed E-state index contributed by atoms with van der Waals surface area (Å²) in [7, 11) is 5.68. The molecule has 0 amide bonds. The Kier molecular flexibility index (Phi) is 6.71.